The molecule has 5 nitrogen and oxygen atoms in total. The Labute approximate surface area is 358 Å². The summed E-state index contributed by atoms with van der Waals surface area (Å²) in [4.78, 5) is 20.9. The molecule has 0 N–H and O–H groups in total. The van der Waals surface area contributed by atoms with Crippen LogP contribution < -0.4 is 0 Å². The van der Waals surface area contributed by atoms with Crippen LogP contribution in [0.15, 0.2) is 212 Å². The molecular formula is C57H35N5. The first-order valence-electron chi connectivity index (χ1n) is 21.1. The molecule has 2 aliphatic carbocycles. The van der Waals surface area contributed by atoms with E-state index >= 15 is 0 Å². The highest BCUT2D eigenvalue weighted by Gasteiger charge is 2.51. The van der Waals surface area contributed by atoms with Gasteiger partial charge in [-0.05, 0) is 79.5 Å². The maximum atomic E-state index is 5.31. The van der Waals surface area contributed by atoms with Gasteiger partial charge in [0, 0.05) is 34.0 Å². The number of nitrogens with zero attached hydrogens (tertiary/aromatic N) is 5. The molecule has 8 aromatic carbocycles. The third-order valence-corrected chi connectivity index (χ3v) is 12.9. The van der Waals surface area contributed by atoms with Crippen LogP contribution in [0, 0.1) is 0 Å². The average molecular weight is 790 g/mol. The predicted octanol–water partition coefficient (Wildman–Crippen LogP) is 13.4. The summed E-state index contributed by atoms with van der Waals surface area (Å²) in [6.07, 6.45) is 2.08. The van der Waals surface area contributed by atoms with E-state index in [4.69, 9.17) is 19.9 Å². The van der Waals surface area contributed by atoms with Crippen LogP contribution in [0.4, 0.5) is 0 Å². The molecule has 0 saturated heterocycles. The number of hydrogen-bond donors (Lipinski definition) is 0. The Kier molecular flexibility index (Phi) is 7.45. The fraction of sp³-hybridized carbons (Fsp3) is 0.0175. The molecule has 13 rings (SSSR count). The van der Waals surface area contributed by atoms with E-state index in [0.29, 0.717) is 17.5 Å². The number of imidazole rings is 1. The Balaban J connectivity index is 0.998. The van der Waals surface area contributed by atoms with E-state index in [1.807, 2.05) is 18.2 Å². The van der Waals surface area contributed by atoms with Crippen molar-refractivity contribution in [3.05, 3.63) is 235 Å². The number of aromatic nitrogens is 5. The van der Waals surface area contributed by atoms with Gasteiger partial charge in [-0.25, -0.2) is 19.9 Å². The van der Waals surface area contributed by atoms with Crippen molar-refractivity contribution in [1.82, 2.24) is 24.3 Å². The van der Waals surface area contributed by atoms with Gasteiger partial charge in [0.25, 0.3) is 0 Å². The lowest BCUT2D eigenvalue weighted by Crippen LogP contribution is -2.25. The van der Waals surface area contributed by atoms with Gasteiger partial charge >= 0.3 is 0 Å². The molecule has 0 fully saturated rings. The molecule has 0 radical (unpaired) electrons. The maximum absolute atomic E-state index is 5.31. The van der Waals surface area contributed by atoms with Crippen LogP contribution in [0.5, 0.6) is 0 Å². The van der Waals surface area contributed by atoms with Crippen molar-refractivity contribution in [1.29, 1.82) is 0 Å². The van der Waals surface area contributed by atoms with Crippen molar-refractivity contribution in [2.45, 2.75) is 5.41 Å². The fourth-order valence-corrected chi connectivity index (χ4v) is 10.2. The van der Waals surface area contributed by atoms with Crippen molar-refractivity contribution in [3.8, 4) is 78.9 Å². The van der Waals surface area contributed by atoms with Gasteiger partial charge in [-0.15, -0.1) is 0 Å². The molecule has 0 bridgehead atoms. The Hall–Kier alpha value is -8.28. The van der Waals surface area contributed by atoms with E-state index in [1.165, 1.54) is 49.9 Å². The molecule has 0 aliphatic heterocycles. The number of pyridine rings is 1. The molecule has 3 heterocycles. The van der Waals surface area contributed by atoms with Crippen molar-refractivity contribution >= 4 is 16.4 Å². The molecule has 1 spiro atoms. The smallest absolute Gasteiger partial charge is 0.164 e. The zero-order chi connectivity index (χ0) is 40.8. The molecular weight excluding hydrogens is 755 g/mol. The Morgan fingerprint density at radius 3 is 1.50 bits per heavy atom. The third-order valence-electron chi connectivity index (χ3n) is 12.9. The number of fused-ring (bicyclic) bond motifs is 12. The standard InChI is InChI=1S/C57H35N5/c1-2-15-37(16-3-1)52-53(62-33-13-12-24-51(62)58-52)38-26-28-39(29-27-38)54-59-55(41-30-25-36-14-4-5-17-40(36)34-41)61-56(60-54)42-31-32-46-45-20-8-11-23-49(45)57(50(46)35-42)47-21-9-6-18-43(47)44-19-7-10-22-48(44)57/h1-35H. The van der Waals surface area contributed by atoms with Crippen LogP contribution >= 0.6 is 0 Å². The van der Waals surface area contributed by atoms with E-state index < -0.39 is 5.41 Å². The first-order valence-corrected chi connectivity index (χ1v) is 21.1. The SMILES string of the molecule is c1ccc(-c2nc3ccccn3c2-c2ccc(-c3nc(-c4ccc5c(c4)C4(c6ccccc6-c6ccccc64)c4ccccc4-5)nc(-c4ccc5ccccc5c4)n3)cc2)cc1. The monoisotopic (exact) mass is 789 g/mol. The zero-order valence-corrected chi connectivity index (χ0v) is 33.4. The van der Waals surface area contributed by atoms with E-state index in [9.17, 15) is 0 Å². The fourth-order valence-electron chi connectivity index (χ4n) is 10.2. The van der Waals surface area contributed by atoms with Gasteiger partial charge in [-0.2, -0.15) is 0 Å². The summed E-state index contributed by atoms with van der Waals surface area (Å²) in [5.74, 6) is 1.87. The van der Waals surface area contributed by atoms with Gasteiger partial charge in [0.15, 0.2) is 17.5 Å². The van der Waals surface area contributed by atoms with Gasteiger partial charge < -0.3 is 0 Å². The highest BCUT2D eigenvalue weighted by Crippen LogP contribution is 2.63. The summed E-state index contributed by atoms with van der Waals surface area (Å²) in [7, 11) is 0. The molecule has 0 atom stereocenters. The molecule has 5 heteroatoms. The second kappa shape index (κ2) is 13.4. The van der Waals surface area contributed by atoms with Crippen LogP contribution in [0.2, 0.25) is 0 Å². The summed E-state index contributed by atoms with van der Waals surface area (Å²) in [6.45, 7) is 0. The molecule has 288 valence electrons. The summed E-state index contributed by atoms with van der Waals surface area (Å²) >= 11 is 0. The van der Waals surface area contributed by atoms with Gasteiger partial charge in [0.05, 0.1) is 16.8 Å². The maximum Gasteiger partial charge on any atom is 0.164 e. The lowest BCUT2D eigenvalue weighted by Gasteiger charge is -2.30. The predicted molar refractivity (Wildman–Crippen MR) is 250 cm³/mol. The highest BCUT2D eigenvalue weighted by atomic mass is 15.0. The van der Waals surface area contributed by atoms with E-state index in [2.05, 4.69) is 199 Å². The number of benzene rings is 8. The minimum absolute atomic E-state index is 0.474. The van der Waals surface area contributed by atoms with Crippen LogP contribution in [0.25, 0.3) is 95.4 Å². The number of hydrogen-bond acceptors (Lipinski definition) is 4. The van der Waals surface area contributed by atoms with E-state index in [1.54, 1.807) is 0 Å². The minimum Gasteiger partial charge on any atom is -0.299 e. The molecule has 3 aromatic heterocycles. The molecule has 11 aromatic rings. The molecule has 0 saturated carbocycles. The van der Waals surface area contributed by atoms with Crippen LogP contribution in [0.1, 0.15) is 22.3 Å². The molecule has 0 amide bonds. The lowest BCUT2D eigenvalue weighted by molar-refractivity contribution is 0.794. The minimum atomic E-state index is -0.474. The Morgan fingerprint density at radius 2 is 0.823 bits per heavy atom. The molecule has 62 heavy (non-hydrogen) atoms. The first-order chi connectivity index (χ1) is 30.7. The van der Waals surface area contributed by atoms with Gasteiger partial charge in [0.1, 0.15) is 5.65 Å². The van der Waals surface area contributed by atoms with Crippen molar-refractivity contribution in [3.63, 3.8) is 0 Å². The number of rotatable bonds is 5. The first kappa shape index (κ1) is 34.6. The summed E-state index contributed by atoms with van der Waals surface area (Å²) < 4.78 is 2.16. The van der Waals surface area contributed by atoms with Crippen molar-refractivity contribution < 1.29 is 0 Å². The Bertz CT molecular complexity index is 3520. The molecule has 2 aliphatic rings. The average Bonchev–Trinajstić information content (AvgIpc) is 3.98. The Morgan fingerprint density at radius 1 is 0.323 bits per heavy atom. The van der Waals surface area contributed by atoms with Crippen LogP contribution in [-0.4, -0.2) is 24.3 Å². The van der Waals surface area contributed by atoms with Crippen LogP contribution in [-0.2, 0) is 5.41 Å². The third kappa shape index (κ3) is 5.02. The summed E-state index contributed by atoms with van der Waals surface area (Å²) in [6, 6.07) is 73.4. The largest absolute Gasteiger partial charge is 0.299 e. The van der Waals surface area contributed by atoms with E-state index in [0.717, 1.165) is 50.2 Å². The van der Waals surface area contributed by atoms with Crippen molar-refractivity contribution in [2.24, 2.45) is 0 Å². The normalized spacial score (nSPS) is 13.0. The topological polar surface area (TPSA) is 56.0 Å². The lowest BCUT2D eigenvalue weighted by atomic mass is 9.70. The van der Waals surface area contributed by atoms with Crippen molar-refractivity contribution in [2.75, 3.05) is 0 Å². The van der Waals surface area contributed by atoms with Gasteiger partial charge in [-0.3, -0.25) is 4.40 Å². The highest BCUT2D eigenvalue weighted by molar-refractivity contribution is 5.96. The second-order valence-corrected chi connectivity index (χ2v) is 16.2. The van der Waals surface area contributed by atoms with E-state index in [-0.39, 0.29) is 0 Å². The van der Waals surface area contributed by atoms with Gasteiger partial charge in [0.2, 0.25) is 0 Å². The zero-order valence-electron chi connectivity index (χ0n) is 33.4. The quantitative estimate of drug-likeness (QED) is 0.174. The van der Waals surface area contributed by atoms with Gasteiger partial charge in [-0.1, -0.05) is 182 Å². The summed E-state index contributed by atoms with van der Waals surface area (Å²) in [5.41, 5.74) is 17.5. The van der Waals surface area contributed by atoms with Crippen LogP contribution in [0.3, 0.4) is 0 Å². The molecule has 0 unspecified atom stereocenters. The summed E-state index contributed by atoms with van der Waals surface area (Å²) in [5, 5.41) is 2.31. The second-order valence-electron chi connectivity index (χ2n) is 16.2.